The van der Waals surface area contributed by atoms with Crippen molar-refractivity contribution in [2.45, 2.75) is 71.4 Å². The van der Waals surface area contributed by atoms with Crippen molar-refractivity contribution >= 4 is 29.7 Å². The fourth-order valence-corrected chi connectivity index (χ4v) is 7.46. The van der Waals surface area contributed by atoms with E-state index in [-0.39, 0.29) is 11.0 Å². The van der Waals surface area contributed by atoms with Crippen molar-refractivity contribution in [2.24, 2.45) is 0 Å². The Labute approximate surface area is 244 Å². The molecule has 5 heteroatoms. The van der Waals surface area contributed by atoms with Gasteiger partial charge in [0.25, 0.3) is 0 Å². The van der Waals surface area contributed by atoms with E-state index in [9.17, 15) is 0 Å². The Morgan fingerprint density at radius 3 is 1.95 bits per heavy atom. The third kappa shape index (κ3) is 7.79. The molecule has 0 spiro atoms. The van der Waals surface area contributed by atoms with Crippen molar-refractivity contribution < 1.29 is 13.5 Å². The van der Waals surface area contributed by atoms with Gasteiger partial charge >= 0.3 is 98.4 Å². The monoisotopic (exact) mass is 639 g/mol. The van der Waals surface area contributed by atoms with Crippen LogP contribution in [0.15, 0.2) is 72.8 Å². The topological polar surface area (TPSA) is 6.48 Å². The van der Waals surface area contributed by atoms with Gasteiger partial charge < -0.3 is 4.90 Å². The number of rotatable bonds is 7. The molecule has 1 unspecified atom stereocenters. The average Bonchev–Trinajstić information content (AvgIpc) is 3.14. The molecule has 1 aliphatic rings. The molecule has 4 rings (SSSR count). The van der Waals surface area contributed by atoms with Gasteiger partial charge in [-0.1, -0.05) is 74.9 Å². The van der Waals surface area contributed by atoms with Crippen LogP contribution in [0.4, 0.5) is 5.69 Å². The van der Waals surface area contributed by atoms with Crippen LogP contribution in [0, 0.1) is 6.54 Å². The zero-order chi connectivity index (χ0) is 27.9. The molecule has 1 aliphatic heterocycles. The van der Waals surface area contributed by atoms with Crippen LogP contribution in [0.3, 0.4) is 0 Å². The van der Waals surface area contributed by atoms with Crippen molar-refractivity contribution in [3.05, 3.63) is 107 Å². The Hall–Kier alpha value is -1.51. The Balaban J connectivity index is 0.000000244. The molecule has 208 valence electrons. The van der Waals surface area contributed by atoms with Crippen molar-refractivity contribution in [3.8, 4) is 0 Å². The van der Waals surface area contributed by atoms with Gasteiger partial charge in [0.2, 0.25) is 0 Å². The number of nitrogens with zero attached hydrogens (tertiary/aromatic N) is 2. The molecule has 3 aromatic carbocycles. The second-order valence-electron chi connectivity index (χ2n) is 11.1. The van der Waals surface area contributed by atoms with Crippen LogP contribution in [0.25, 0.3) is 0 Å². The fourth-order valence-electron chi connectivity index (χ4n) is 5.58. The molecule has 0 aromatic heterocycles. The normalized spacial score (nSPS) is 18.7. The Morgan fingerprint density at radius 2 is 1.39 bits per heavy atom. The minimum absolute atomic E-state index is 0.0800. The summed E-state index contributed by atoms with van der Waals surface area (Å²) in [6.07, 6.45) is 3.28. The molecule has 1 fully saturated rings. The molecule has 0 aliphatic carbocycles. The maximum atomic E-state index is 5.86. The summed E-state index contributed by atoms with van der Waals surface area (Å²) in [6, 6.07) is 25.9. The van der Waals surface area contributed by atoms with Crippen LogP contribution < -0.4 is 4.90 Å². The summed E-state index contributed by atoms with van der Waals surface area (Å²) in [5, 5.41) is 0. The second kappa shape index (κ2) is 13.7. The predicted octanol–water partition coefficient (Wildman–Crippen LogP) is 8.74. The van der Waals surface area contributed by atoms with Gasteiger partial charge in [0.05, 0.1) is 0 Å². The molecule has 0 N–H and O–H groups in total. The van der Waals surface area contributed by atoms with Gasteiger partial charge in [-0.2, -0.15) is 0 Å². The summed E-state index contributed by atoms with van der Waals surface area (Å²) in [4.78, 5) is 4.70. The van der Waals surface area contributed by atoms with E-state index >= 15 is 0 Å². The van der Waals surface area contributed by atoms with Crippen molar-refractivity contribution in [1.29, 1.82) is 0 Å². The van der Waals surface area contributed by atoms with E-state index < -0.39 is 13.5 Å². The average molecular weight is 640 g/mol. The second-order valence-corrected chi connectivity index (χ2v) is 16.9. The molecule has 1 saturated heterocycles. The first-order valence-electron chi connectivity index (χ1n) is 13.4. The van der Waals surface area contributed by atoms with E-state index in [1.165, 1.54) is 33.5 Å². The van der Waals surface area contributed by atoms with Gasteiger partial charge in [0.1, 0.15) is 0 Å². The van der Waals surface area contributed by atoms with Gasteiger partial charge in [-0.05, 0) is 44.2 Å². The van der Waals surface area contributed by atoms with Gasteiger partial charge in [-0.3, -0.25) is 0 Å². The Bertz CT molecular complexity index is 1200. The molecule has 0 radical (unpaired) electrons. The van der Waals surface area contributed by atoms with Gasteiger partial charge in [0, 0.05) is 11.2 Å². The first-order chi connectivity index (χ1) is 18.0. The van der Waals surface area contributed by atoms with Crippen LogP contribution >= 0.6 is 19.4 Å². The maximum absolute atomic E-state index is 5.86. The summed E-state index contributed by atoms with van der Waals surface area (Å²) in [6.45, 7) is 15.1. The van der Waals surface area contributed by atoms with Gasteiger partial charge in [-0.15, -0.1) is 5.41 Å². The molecular weight excluding hydrogens is 596 g/mol. The summed E-state index contributed by atoms with van der Waals surface area (Å²) in [5.41, 5.74) is 8.39. The summed E-state index contributed by atoms with van der Waals surface area (Å²) in [7, 11) is 15.8. The first-order valence-corrected chi connectivity index (χ1v) is 18.9. The van der Waals surface area contributed by atoms with Gasteiger partial charge in [0.15, 0.2) is 0 Å². The zero-order valence-electron chi connectivity index (χ0n) is 23.9. The van der Waals surface area contributed by atoms with Crippen LogP contribution in [-0.2, 0) is 38.3 Å². The molecule has 1 heterocycles. The van der Waals surface area contributed by atoms with Crippen LogP contribution in [0.1, 0.15) is 68.9 Å². The summed E-state index contributed by atoms with van der Waals surface area (Å²) >= 11 is -1.71. The third-order valence-electron chi connectivity index (χ3n) is 7.23. The molecule has 2 nitrogen and oxygen atoms in total. The number of hydrogen-bond donors (Lipinski definition) is 0. The molecule has 0 bridgehead atoms. The fraction of sp³-hybridized carbons (Fsp3) is 0.394. The van der Waals surface area contributed by atoms with Crippen molar-refractivity contribution in [3.63, 3.8) is 0 Å². The third-order valence-corrected chi connectivity index (χ3v) is 9.07. The predicted molar refractivity (Wildman–Crippen MR) is 165 cm³/mol. The number of para-hydroxylation sites is 1. The number of anilines is 1. The van der Waals surface area contributed by atoms with E-state index in [0.717, 1.165) is 25.8 Å². The SMILES string of the molecule is CCc1cccc(CC)c1N1[CH-]C(C)(c2ccccc2)CC1(C)C.CN(C)Cc1ccccc1[CH]=[Ru]([Cl])[Cl]. The molecule has 38 heavy (non-hydrogen) atoms. The summed E-state index contributed by atoms with van der Waals surface area (Å²) < 4.78 is 1.99. The number of hydrogen-bond acceptors (Lipinski definition) is 2. The van der Waals surface area contributed by atoms with Crippen LogP contribution in [-0.4, -0.2) is 29.1 Å². The van der Waals surface area contributed by atoms with Crippen LogP contribution in [0.5, 0.6) is 0 Å². The van der Waals surface area contributed by atoms with Crippen molar-refractivity contribution in [2.75, 3.05) is 19.0 Å². The Kier molecular flexibility index (Phi) is 11.2. The van der Waals surface area contributed by atoms with E-state index in [1.807, 2.05) is 30.8 Å². The molecule has 0 saturated carbocycles. The number of aryl methyl sites for hydroxylation is 2. The van der Waals surface area contributed by atoms with E-state index in [2.05, 4.69) is 112 Å². The Morgan fingerprint density at radius 1 is 0.842 bits per heavy atom. The molecule has 0 amide bonds. The standard InChI is InChI=1S/C23H30N.C10H13N.2ClH.Ru/c1-6-18-12-11-13-19(7-2)21(18)24-17-23(5,16-22(24,3)4)20-14-9-8-10-15-20;1-9-6-4-5-7-10(9)8-11(2)3;;;/h8-15,17H,6-7,16H2,1-5H3;1,4-7H,8H2,2-3H3;2*1H;/q-1;;;;+2/p-2. The van der Waals surface area contributed by atoms with Crippen molar-refractivity contribution in [1.82, 2.24) is 4.90 Å². The molecular formula is C33H43Cl2N2Ru-. The van der Waals surface area contributed by atoms with Gasteiger partial charge in [-0.25, -0.2) is 6.54 Å². The van der Waals surface area contributed by atoms with E-state index in [0.29, 0.717) is 0 Å². The molecule has 3 aromatic rings. The van der Waals surface area contributed by atoms with Crippen LogP contribution in [0.2, 0.25) is 0 Å². The van der Waals surface area contributed by atoms with E-state index in [1.54, 1.807) is 0 Å². The minimum atomic E-state index is -1.71. The quantitative estimate of drug-likeness (QED) is 0.189. The number of halogens is 2. The first kappa shape index (κ1) is 31.0. The molecule has 1 atom stereocenters. The zero-order valence-corrected chi connectivity index (χ0v) is 27.2. The van der Waals surface area contributed by atoms with E-state index in [4.69, 9.17) is 19.4 Å². The number of benzene rings is 3. The summed E-state index contributed by atoms with van der Waals surface area (Å²) in [5.74, 6) is 0.